The second-order valence-electron chi connectivity index (χ2n) is 4.04. The van der Waals surface area contributed by atoms with Gasteiger partial charge in [0.1, 0.15) is 5.75 Å². The molecule has 0 saturated heterocycles. The summed E-state index contributed by atoms with van der Waals surface area (Å²) in [6.07, 6.45) is 0. The zero-order valence-electron chi connectivity index (χ0n) is 10.7. The van der Waals surface area contributed by atoms with E-state index in [1.54, 1.807) is 31.2 Å². The quantitative estimate of drug-likeness (QED) is 0.900. The maximum Gasteiger partial charge on any atom is 0.255 e. The molecule has 0 bridgehead atoms. The molecule has 98 valence electrons. The van der Waals surface area contributed by atoms with Gasteiger partial charge in [0, 0.05) is 11.8 Å². The molecule has 1 amide bonds. The Hall–Kier alpha value is -2.56. The van der Waals surface area contributed by atoms with E-state index in [0.717, 1.165) is 0 Å². The maximum atomic E-state index is 12.0. The number of hydrogen-bond donors (Lipinski definition) is 1. The summed E-state index contributed by atoms with van der Waals surface area (Å²) in [5.74, 6) is -0.0181. The predicted octanol–water partition coefficient (Wildman–Crippen LogP) is 1.25. The number of pyridine rings is 1. The molecule has 0 atom stereocenters. The SMILES string of the molecule is COc1ccccc1-n1c(C)c(C(N)=O)ccc1=O. The zero-order valence-corrected chi connectivity index (χ0v) is 10.7. The van der Waals surface area contributed by atoms with Crippen molar-refractivity contribution in [2.24, 2.45) is 5.73 Å². The van der Waals surface area contributed by atoms with Gasteiger partial charge in [0.15, 0.2) is 0 Å². The molecule has 1 heterocycles. The first kappa shape index (κ1) is 12.9. The third-order valence-electron chi connectivity index (χ3n) is 2.93. The lowest BCUT2D eigenvalue weighted by molar-refractivity contribution is 0.0999. The molecule has 2 aromatic rings. The van der Waals surface area contributed by atoms with Crippen LogP contribution in [-0.4, -0.2) is 17.6 Å². The van der Waals surface area contributed by atoms with Crippen LogP contribution in [0.5, 0.6) is 5.75 Å². The van der Waals surface area contributed by atoms with Crippen LogP contribution < -0.4 is 16.0 Å². The van der Waals surface area contributed by atoms with Crippen LogP contribution in [0.2, 0.25) is 0 Å². The number of ether oxygens (including phenoxy) is 1. The molecule has 2 N–H and O–H groups in total. The number of aromatic nitrogens is 1. The lowest BCUT2D eigenvalue weighted by Gasteiger charge is -2.15. The van der Waals surface area contributed by atoms with Gasteiger partial charge in [0.2, 0.25) is 5.91 Å². The fraction of sp³-hybridized carbons (Fsp3) is 0.143. The van der Waals surface area contributed by atoms with E-state index in [0.29, 0.717) is 22.7 Å². The Bertz CT molecular complexity index is 689. The molecule has 0 aliphatic heterocycles. The highest BCUT2D eigenvalue weighted by atomic mass is 16.5. The average Bonchev–Trinajstić information content (AvgIpc) is 2.39. The molecule has 0 spiro atoms. The van der Waals surface area contributed by atoms with Crippen molar-refractivity contribution >= 4 is 5.91 Å². The number of carbonyl (C=O) groups is 1. The summed E-state index contributed by atoms with van der Waals surface area (Å²) in [5.41, 5.74) is 6.43. The van der Waals surface area contributed by atoms with Crippen molar-refractivity contribution in [1.82, 2.24) is 4.57 Å². The van der Waals surface area contributed by atoms with Gasteiger partial charge in [-0.25, -0.2) is 0 Å². The molecule has 5 heteroatoms. The van der Waals surface area contributed by atoms with E-state index in [9.17, 15) is 9.59 Å². The van der Waals surface area contributed by atoms with Crippen LogP contribution in [0.1, 0.15) is 16.1 Å². The highest BCUT2D eigenvalue weighted by Crippen LogP contribution is 2.22. The van der Waals surface area contributed by atoms with Crippen LogP contribution in [0.15, 0.2) is 41.2 Å². The number of nitrogens with zero attached hydrogens (tertiary/aromatic N) is 1. The number of hydrogen-bond acceptors (Lipinski definition) is 3. The van der Waals surface area contributed by atoms with Gasteiger partial charge in [-0.2, -0.15) is 0 Å². The zero-order chi connectivity index (χ0) is 14.0. The van der Waals surface area contributed by atoms with Gasteiger partial charge < -0.3 is 10.5 Å². The van der Waals surface area contributed by atoms with Gasteiger partial charge >= 0.3 is 0 Å². The third kappa shape index (κ3) is 2.22. The molecule has 0 aliphatic rings. The number of para-hydroxylation sites is 2. The Morgan fingerprint density at radius 1 is 1.21 bits per heavy atom. The summed E-state index contributed by atoms with van der Waals surface area (Å²) in [4.78, 5) is 23.4. The summed E-state index contributed by atoms with van der Waals surface area (Å²) in [6.45, 7) is 1.67. The molecule has 0 saturated carbocycles. The summed E-state index contributed by atoms with van der Waals surface area (Å²) in [6, 6.07) is 9.85. The van der Waals surface area contributed by atoms with Crippen LogP contribution in [0, 0.1) is 6.92 Å². The first-order valence-corrected chi connectivity index (χ1v) is 5.72. The number of amides is 1. The Kier molecular flexibility index (Phi) is 3.37. The number of methoxy groups -OCH3 is 1. The lowest BCUT2D eigenvalue weighted by atomic mass is 10.1. The van der Waals surface area contributed by atoms with Crippen LogP contribution in [0.25, 0.3) is 5.69 Å². The molecule has 1 aromatic carbocycles. The van der Waals surface area contributed by atoms with Crippen molar-refractivity contribution in [3.63, 3.8) is 0 Å². The molecule has 19 heavy (non-hydrogen) atoms. The summed E-state index contributed by atoms with van der Waals surface area (Å²) >= 11 is 0. The predicted molar refractivity (Wildman–Crippen MR) is 71.8 cm³/mol. The molecule has 0 radical (unpaired) electrons. The van der Waals surface area contributed by atoms with Crippen molar-refractivity contribution in [2.75, 3.05) is 7.11 Å². The molecule has 5 nitrogen and oxygen atoms in total. The van der Waals surface area contributed by atoms with Crippen LogP contribution >= 0.6 is 0 Å². The average molecular weight is 258 g/mol. The molecule has 2 rings (SSSR count). The van der Waals surface area contributed by atoms with E-state index in [1.165, 1.54) is 23.8 Å². The largest absolute Gasteiger partial charge is 0.495 e. The smallest absolute Gasteiger partial charge is 0.255 e. The van der Waals surface area contributed by atoms with Gasteiger partial charge in [0.25, 0.3) is 5.56 Å². The minimum atomic E-state index is -0.568. The fourth-order valence-electron chi connectivity index (χ4n) is 2.01. The van der Waals surface area contributed by atoms with Gasteiger partial charge in [-0.05, 0) is 25.1 Å². The van der Waals surface area contributed by atoms with E-state index in [-0.39, 0.29) is 5.56 Å². The standard InChI is InChI=1S/C14H14N2O3/c1-9-10(14(15)18)7-8-13(17)16(9)11-5-3-4-6-12(11)19-2/h3-8H,1-2H3,(H2,15,18). The second-order valence-corrected chi connectivity index (χ2v) is 4.04. The van der Waals surface area contributed by atoms with Crippen molar-refractivity contribution in [3.8, 4) is 11.4 Å². The van der Waals surface area contributed by atoms with Gasteiger partial charge in [-0.3, -0.25) is 14.2 Å². The number of nitrogens with two attached hydrogens (primary N) is 1. The van der Waals surface area contributed by atoms with Gasteiger partial charge in [-0.1, -0.05) is 12.1 Å². The minimum absolute atomic E-state index is 0.244. The highest BCUT2D eigenvalue weighted by Gasteiger charge is 2.14. The summed E-state index contributed by atoms with van der Waals surface area (Å²) in [5, 5.41) is 0. The van der Waals surface area contributed by atoms with E-state index >= 15 is 0 Å². The van der Waals surface area contributed by atoms with Crippen molar-refractivity contribution in [2.45, 2.75) is 6.92 Å². The molecular weight excluding hydrogens is 244 g/mol. The maximum absolute atomic E-state index is 12.0. The van der Waals surface area contributed by atoms with E-state index in [4.69, 9.17) is 10.5 Å². The van der Waals surface area contributed by atoms with Crippen LogP contribution in [-0.2, 0) is 0 Å². The van der Waals surface area contributed by atoms with Crippen molar-refractivity contribution < 1.29 is 9.53 Å². The Morgan fingerprint density at radius 2 is 1.89 bits per heavy atom. The molecule has 1 aromatic heterocycles. The van der Waals surface area contributed by atoms with Crippen LogP contribution in [0.3, 0.4) is 0 Å². The van der Waals surface area contributed by atoms with Crippen LogP contribution in [0.4, 0.5) is 0 Å². The van der Waals surface area contributed by atoms with E-state index in [1.807, 2.05) is 0 Å². The minimum Gasteiger partial charge on any atom is -0.495 e. The second kappa shape index (κ2) is 4.97. The number of rotatable bonds is 3. The van der Waals surface area contributed by atoms with E-state index < -0.39 is 5.91 Å². The first-order valence-electron chi connectivity index (χ1n) is 5.72. The Balaban J connectivity index is 2.78. The number of carbonyl (C=O) groups excluding carboxylic acids is 1. The Morgan fingerprint density at radius 3 is 2.53 bits per heavy atom. The Labute approximate surface area is 110 Å². The van der Waals surface area contributed by atoms with Crippen molar-refractivity contribution in [3.05, 3.63) is 58.0 Å². The number of benzene rings is 1. The highest BCUT2D eigenvalue weighted by molar-refractivity contribution is 5.93. The molecule has 0 unspecified atom stereocenters. The normalized spacial score (nSPS) is 10.2. The van der Waals surface area contributed by atoms with Crippen molar-refractivity contribution in [1.29, 1.82) is 0 Å². The van der Waals surface area contributed by atoms with Gasteiger partial charge in [-0.15, -0.1) is 0 Å². The molecule has 0 aliphatic carbocycles. The number of primary amides is 1. The fourth-order valence-corrected chi connectivity index (χ4v) is 2.01. The molecular formula is C14H14N2O3. The monoisotopic (exact) mass is 258 g/mol. The third-order valence-corrected chi connectivity index (χ3v) is 2.93. The molecule has 0 fully saturated rings. The lowest BCUT2D eigenvalue weighted by Crippen LogP contribution is -2.25. The van der Waals surface area contributed by atoms with E-state index in [2.05, 4.69) is 0 Å². The first-order chi connectivity index (χ1) is 9.06. The van der Waals surface area contributed by atoms with Gasteiger partial charge in [0.05, 0.1) is 18.4 Å². The summed E-state index contributed by atoms with van der Waals surface area (Å²) in [7, 11) is 1.52. The summed E-state index contributed by atoms with van der Waals surface area (Å²) < 4.78 is 6.65. The topological polar surface area (TPSA) is 74.3 Å².